The van der Waals surface area contributed by atoms with Gasteiger partial charge in [-0.2, -0.15) is 8.78 Å². The molecule has 0 bridgehead atoms. The van der Waals surface area contributed by atoms with Crippen LogP contribution in [0.4, 0.5) is 18.9 Å². The number of para-hydroxylation sites is 1. The highest BCUT2D eigenvalue weighted by Crippen LogP contribution is 2.38. The predicted molar refractivity (Wildman–Crippen MR) is 107 cm³/mol. The van der Waals surface area contributed by atoms with Crippen LogP contribution in [0.15, 0.2) is 71.1 Å². The third-order valence-corrected chi connectivity index (χ3v) is 5.15. The van der Waals surface area contributed by atoms with Gasteiger partial charge in [-0.3, -0.25) is 4.79 Å². The maximum absolute atomic E-state index is 14.4. The van der Waals surface area contributed by atoms with E-state index in [4.69, 9.17) is 4.42 Å². The molecule has 1 aliphatic rings. The summed E-state index contributed by atoms with van der Waals surface area (Å²) >= 11 is 0. The summed E-state index contributed by atoms with van der Waals surface area (Å²) in [5.41, 5.74) is 3.10. The smallest absolute Gasteiger partial charge is 0.314 e. The van der Waals surface area contributed by atoms with Gasteiger partial charge < -0.3 is 9.32 Å². The third-order valence-electron chi connectivity index (χ3n) is 5.15. The number of nitrogens with zero attached hydrogens (tertiary/aromatic N) is 3. The fourth-order valence-corrected chi connectivity index (χ4v) is 3.68. The first-order chi connectivity index (χ1) is 15.0. The Morgan fingerprint density at radius 1 is 0.903 bits per heavy atom. The van der Waals surface area contributed by atoms with Crippen LogP contribution < -0.4 is 4.90 Å². The molecule has 1 aromatic heterocycles. The molecule has 0 spiro atoms. The van der Waals surface area contributed by atoms with Crippen LogP contribution in [0.2, 0.25) is 0 Å². The molecule has 4 aromatic rings. The van der Waals surface area contributed by atoms with E-state index in [0.29, 0.717) is 34.5 Å². The number of aromatic nitrogens is 2. The van der Waals surface area contributed by atoms with E-state index in [1.807, 2.05) is 0 Å². The Bertz CT molecular complexity index is 1300. The number of fused-ring (bicyclic) bond motifs is 1. The highest BCUT2D eigenvalue weighted by molar-refractivity contribution is 6.12. The van der Waals surface area contributed by atoms with Crippen LogP contribution in [-0.2, 0) is 6.54 Å². The van der Waals surface area contributed by atoms with E-state index in [0.717, 1.165) is 5.56 Å². The second-order valence-corrected chi connectivity index (χ2v) is 7.01. The van der Waals surface area contributed by atoms with Gasteiger partial charge in [0.2, 0.25) is 5.89 Å². The summed E-state index contributed by atoms with van der Waals surface area (Å²) in [5, 5.41) is 6.96. The van der Waals surface area contributed by atoms with Crippen molar-refractivity contribution in [3.05, 3.63) is 89.6 Å². The zero-order valence-electron chi connectivity index (χ0n) is 15.9. The van der Waals surface area contributed by atoms with Gasteiger partial charge in [0, 0.05) is 22.3 Å². The molecule has 5 nitrogen and oxygen atoms in total. The van der Waals surface area contributed by atoms with Crippen LogP contribution >= 0.6 is 0 Å². The van der Waals surface area contributed by atoms with Crippen LogP contribution in [0.25, 0.3) is 22.6 Å². The number of carbonyl (C=O) groups is 1. The van der Waals surface area contributed by atoms with Crippen molar-refractivity contribution in [2.45, 2.75) is 13.0 Å². The van der Waals surface area contributed by atoms with E-state index in [9.17, 15) is 18.0 Å². The summed E-state index contributed by atoms with van der Waals surface area (Å²) in [5.74, 6) is -1.53. The Labute approximate surface area is 174 Å². The Morgan fingerprint density at radius 2 is 1.65 bits per heavy atom. The van der Waals surface area contributed by atoms with Gasteiger partial charge in [-0.25, -0.2) is 4.39 Å². The summed E-state index contributed by atoms with van der Waals surface area (Å²) < 4.78 is 44.9. The number of anilines is 1. The Morgan fingerprint density at radius 3 is 2.39 bits per heavy atom. The number of alkyl halides is 2. The predicted octanol–water partition coefficient (Wildman–Crippen LogP) is 5.64. The van der Waals surface area contributed by atoms with Gasteiger partial charge in [-0.15, -0.1) is 10.2 Å². The van der Waals surface area contributed by atoms with Crippen LogP contribution in [0.3, 0.4) is 0 Å². The minimum Gasteiger partial charge on any atom is -0.415 e. The van der Waals surface area contributed by atoms with Crippen LogP contribution in [-0.4, -0.2) is 16.1 Å². The van der Waals surface area contributed by atoms with Gasteiger partial charge in [0.05, 0.1) is 12.2 Å². The maximum Gasteiger partial charge on any atom is 0.314 e. The number of amides is 1. The Hall–Kier alpha value is -3.94. The second kappa shape index (κ2) is 7.39. The fraction of sp³-hybridized carbons (Fsp3) is 0.0870. The van der Waals surface area contributed by atoms with Crippen molar-refractivity contribution in [3.63, 3.8) is 0 Å². The molecule has 0 saturated carbocycles. The zero-order valence-corrected chi connectivity index (χ0v) is 15.9. The molecule has 0 saturated heterocycles. The molecule has 0 N–H and O–H groups in total. The fourth-order valence-electron chi connectivity index (χ4n) is 3.68. The van der Waals surface area contributed by atoms with E-state index in [1.54, 1.807) is 65.6 Å². The van der Waals surface area contributed by atoms with Gasteiger partial charge in [-0.1, -0.05) is 42.5 Å². The topological polar surface area (TPSA) is 59.2 Å². The van der Waals surface area contributed by atoms with Crippen LogP contribution in [0.5, 0.6) is 0 Å². The highest BCUT2D eigenvalue weighted by Gasteiger charge is 2.31. The van der Waals surface area contributed by atoms with E-state index < -0.39 is 12.3 Å². The number of carbonyl (C=O) groups excluding carboxylic acids is 1. The van der Waals surface area contributed by atoms with E-state index in [2.05, 4.69) is 10.2 Å². The molecule has 1 aliphatic heterocycles. The lowest BCUT2D eigenvalue weighted by Crippen LogP contribution is -2.23. The normalized spacial score (nSPS) is 13.2. The molecule has 154 valence electrons. The molecule has 1 amide bonds. The first-order valence-corrected chi connectivity index (χ1v) is 9.43. The first kappa shape index (κ1) is 19.0. The molecule has 3 aromatic carbocycles. The van der Waals surface area contributed by atoms with Crippen molar-refractivity contribution in [1.29, 1.82) is 0 Å². The molecule has 8 heteroatoms. The van der Waals surface area contributed by atoms with Gasteiger partial charge in [0.1, 0.15) is 5.82 Å². The molecule has 2 heterocycles. The van der Waals surface area contributed by atoms with Gasteiger partial charge in [-0.05, 0) is 29.8 Å². The number of halogens is 3. The molecule has 0 aliphatic carbocycles. The standard InChI is InChI=1S/C23H14F3N3O2/c24-18-7-3-1-5-15(18)16-6-2-4-8-19(16)29-12-14-10-9-13(11-17(14)23(29)30)21-27-28-22(31-21)20(25)26/h1-11,20H,12H2. The molecule has 0 radical (unpaired) electrons. The number of rotatable bonds is 4. The highest BCUT2D eigenvalue weighted by atomic mass is 19.3. The zero-order chi connectivity index (χ0) is 21.5. The summed E-state index contributed by atoms with van der Waals surface area (Å²) in [4.78, 5) is 14.8. The molecular weight excluding hydrogens is 407 g/mol. The lowest BCUT2D eigenvalue weighted by Gasteiger charge is -2.20. The van der Waals surface area contributed by atoms with E-state index in [-0.39, 0.29) is 17.6 Å². The lowest BCUT2D eigenvalue weighted by molar-refractivity contribution is 0.0996. The summed E-state index contributed by atoms with van der Waals surface area (Å²) in [6.45, 7) is 0.298. The molecular formula is C23H14F3N3O2. The largest absolute Gasteiger partial charge is 0.415 e. The quantitative estimate of drug-likeness (QED) is 0.428. The van der Waals surface area contributed by atoms with E-state index in [1.165, 1.54) is 6.07 Å². The third kappa shape index (κ3) is 3.26. The Balaban J connectivity index is 1.52. The van der Waals surface area contributed by atoms with Crippen molar-refractivity contribution in [3.8, 4) is 22.6 Å². The average molecular weight is 421 g/mol. The molecule has 0 fully saturated rings. The maximum atomic E-state index is 14.4. The van der Waals surface area contributed by atoms with Crippen molar-refractivity contribution in [2.24, 2.45) is 0 Å². The summed E-state index contributed by atoms with van der Waals surface area (Å²) in [7, 11) is 0. The number of hydrogen-bond acceptors (Lipinski definition) is 4. The minimum atomic E-state index is -2.87. The van der Waals surface area contributed by atoms with Gasteiger partial charge in [0.25, 0.3) is 11.8 Å². The SMILES string of the molecule is O=C1c2cc(-c3nnc(C(F)F)o3)ccc2CN1c1ccccc1-c1ccccc1F. The van der Waals surface area contributed by atoms with Crippen molar-refractivity contribution < 1.29 is 22.4 Å². The second-order valence-electron chi connectivity index (χ2n) is 7.01. The van der Waals surface area contributed by atoms with Crippen molar-refractivity contribution in [2.75, 3.05) is 4.90 Å². The number of benzene rings is 3. The molecule has 0 unspecified atom stereocenters. The van der Waals surface area contributed by atoms with Gasteiger partial charge in [0.15, 0.2) is 0 Å². The molecule has 0 atom stereocenters. The molecule has 31 heavy (non-hydrogen) atoms. The number of hydrogen-bond donors (Lipinski definition) is 0. The van der Waals surface area contributed by atoms with Crippen molar-refractivity contribution in [1.82, 2.24) is 10.2 Å². The summed E-state index contributed by atoms with van der Waals surface area (Å²) in [6.07, 6.45) is -2.87. The first-order valence-electron chi connectivity index (χ1n) is 9.43. The van der Waals surface area contributed by atoms with E-state index >= 15 is 0 Å². The Kier molecular flexibility index (Phi) is 4.54. The molecule has 5 rings (SSSR count). The average Bonchev–Trinajstić information content (AvgIpc) is 3.40. The van der Waals surface area contributed by atoms with Crippen molar-refractivity contribution >= 4 is 11.6 Å². The van der Waals surface area contributed by atoms with Gasteiger partial charge >= 0.3 is 6.43 Å². The minimum absolute atomic E-state index is 0.0869. The van der Waals surface area contributed by atoms with Crippen LogP contribution in [0, 0.1) is 5.82 Å². The summed E-state index contributed by atoms with van der Waals surface area (Å²) in [6, 6.07) is 18.4. The van der Waals surface area contributed by atoms with Crippen LogP contribution in [0.1, 0.15) is 28.2 Å². The monoisotopic (exact) mass is 421 g/mol. The lowest BCUT2D eigenvalue weighted by atomic mass is 10.0.